The van der Waals surface area contributed by atoms with Crippen LogP contribution >= 0.6 is 0 Å². The van der Waals surface area contributed by atoms with E-state index in [1.807, 2.05) is 0 Å². The third-order valence-electron chi connectivity index (χ3n) is 8.08. The Labute approximate surface area is 240 Å². The Bertz CT molecular complexity index is 867. The highest BCUT2D eigenvalue weighted by atomic mass is 16.8. The van der Waals surface area contributed by atoms with Crippen molar-refractivity contribution in [1.29, 1.82) is 0 Å². The highest BCUT2D eigenvalue weighted by molar-refractivity contribution is 4.96. The molecule has 4 fully saturated rings. The molecule has 246 valence electrons. The Morgan fingerprint density at radius 2 is 0.881 bits per heavy atom. The normalized spacial score (nSPS) is 55.9. The van der Waals surface area contributed by atoms with Crippen LogP contribution in [-0.2, 0) is 33.2 Å². The first-order valence-electron chi connectivity index (χ1n) is 13.7. The van der Waals surface area contributed by atoms with Gasteiger partial charge in [-0.15, -0.1) is 0 Å². The van der Waals surface area contributed by atoms with Crippen LogP contribution in [0.15, 0.2) is 0 Å². The van der Waals surface area contributed by atoms with Gasteiger partial charge in [0, 0.05) is 0 Å². The van der Waals surface area contributed by atoms with Crippen molar-refractivity contribution in [3.05, 3.63) is 0 Å². The summed E-state index contributed by atoms with van der Waals surface area (Å²) < 4.78 is 38.9. The molecular weight excluding hydrogens is 576 g/mol. The van der Waals surface area contributed by atoms with Crippen molar-refractivity contribution in [2.45, 2.75) is 144 Å². The molecule has 0 unspecified atom stereocenters. The van der Waals surface area contributed by atoms with Gasteiger partial charge in [0.1, 0.15) is 79.4 Å². The minimum Gasteiger partial charge on any atom is -0.394 e. The van der Waals surface area contributed by atoms with Crippen LogP contribution in [0.3, 0.4) is 0 Å². The molecule has 4 saturated heterocycles. The second-order valence-electron chi connectivity index (χ2n) is 11.1. The second-order valence-corrected chi connectivity index (χ2v) is 11.1. The van der Waals surface area contributed by atoms with Crippen molar-refractivity contribution in [2.24, 2.45) is 0 Å². The van der Waals surface area contributed by atoms with Crippen LogP contribution in [0.5, 0.6) is 0 Å². The number of aliphatic hydroxyl groups is 11. The largest absolute Gasteiger partial charge is 0.394 e. The third kappa shape index (κ3) is 6.62. The van der Waals surface area contributed by atoms with Crippen LogP contribution in [0.25, 0.3) is 0 Å². The summed E-state index contributed by atoms with van der Waals surface area (Å²) >= 11 is 0. The third-order valence-corrected chi connectivity index (χ3v) is 8.08. The molecule has 11 N–H and O–H groups in total. The zero-order valence-electron chi connectivity index (χ0n) is 23.0. The van der Waals surface area contributed by atoms with E-state index in [1.54, 1.807) is 0 Å². The number of hydrogen-bond acceptors (Lipinski definition) is 18. The molecule has 20 atom stereocenters. The van der Waals surface area contributed by atoms with Gasteiger partial charge in [-0.1, -0.05) is 0 Å². The minimum atomic E-state index is -1.85. The number of ether oxygens (including phenoxy) is 7. The van der Waals surface area contributed by atoms with E-state index in [0.717, 1.165) is 0 Å². The van der Waals surface area contributed by atoms with Gasteiger partial charge in [0.25, 0.3) is 0 Å². The Hall–Kier alpha value is -0.720. The first-order chi connectivity index (χ1) is 19.7. The minimum absolute atomic E-state index is 0.749. The highest BCUT2D eigenvalue weighted by Crippen LogP contribution is 2.34. The van der Waals surface area contributed by atoms with E-state index in [2.05, 4.69) is 0 Å². The Kier molecular flexibility index (Phi) is 11.2. The predicted octanol–water partition coefficient (Wildman–Crippen LogP) is -6.67. The molecule has 0 amide bonds. The van der Waals surface area contributed by atoms with Crippen LogP contribution in [-0.4, -0.2) is 186 Å². The van der Waals surface area contributed by atoms with Gasteiger partial charge in [0.15, 0.2) is 25.2 Å². The molecule has 4 aliphatic heterocycles. The lowest BCUT2D eigenvalue weighted by molar-refractivity contribution is -0.390. The van der Waals surface area contributed by atoms with Crippen molar-refractivity contribution < 1.29 is 89.3 Å². The van der Waals surface area contributed by atoms with Gasteiger partial charge in [0.2, 0.25) is 0 Å². The lowest BCUT2D eigenvalue weighted by Crippen LogP contribution is -2.66. The molecule has 42 heavy (non-hydrogen) atoms. The van der Waals surface area contributed by atoms with E-state index in [1.165, 1.54) is 20.8 Å². The maximum atomic E-state index is 10.9. The highest BCUT2D eigenvalue weighted by Gasteiger charge is 2.54. The number of hydrogen-bond donors (Lipinski definition) is 11. The van der Waals surface area contributed by atoms with Crippen molar-refractivity contribution in [2.75, 3.05) is 6.61 Å². The van der Waals surface area contributed by atoms with Crippen LogP contribution in [0.1, 0.15) is 20.8 Å². The fraction of sp³-hybridized carbons (Fsp3) is 1.00. The molecule has 0 aromatic carbocycles. The molecule has 4 aliphatic rings. The van der Waals surface area contributed by atoms with Crippen molar-refractivity contribution in [3.63, 3.8) is 0 Å². The lowest BCUT2D eigenvalue weighted by Gasteiger charge is -2.48. The maximum Gasteiger partial charge on any atom is 0.187 e. The van der Waals surface area contributed by atoms with Gasteiger partial charge in [-0.2, -0.15) is 0 Å². The van der Waals surface area contributed by atoms with E-state index < -0.39 is 129 Å². The quantitative estimate of drug-likeness (QED) is 0.126. The van der Waals surface area contributed by atoms with Crippen LogP contribution in [0.4, 0.5) is 0 Å². The summed E-state index contributed by atoms with van der Waals surface area (Å²) in [6.07, 6.45) is -30.6. The van der Waals surface area contributed by atoms with Gasteiger partial charge < -0.3 is 89.3 Å². The van der Waals surface area contributed by atoms with Gasteiger partial charge in [-0.3, -0.25) is 0 Å². The van der Waals surface area contributed by atoms with Gasteiger partial charge in [-0.25, -0.2) is 0 Å². The van der Waals surface area contributed by atoms with Crippen molar-refractivity contribution in [3.8, 4) is 0 Å². The first-order valence-corrected chi connectivity index (χ1v) is 13.7. The molecule has 4 rings (SSSR count). The van der Waals surface area contributed by atoms with E-state index in [0.29, 0.717) is 0 Å². The van der Waals surface area contributed by atoms with Gasteiger partial charge in [0.05, 0.1) is 24.9 Å². The predicted molar refractivity (Wildman–Crippen MR) is 130 cm³/mol. The average Bonchev–Trinajstić information content (AvgIpc) is 2.95. The lowest BCUT2D eigenvalue weighted by atomic mass is 9.96. The Morgan fingerprint density at radius 1 is 0.429 bits per heavy atom. The number of rotatable bonds is 7. The molecule has 0 spiro atoms. The molecule has 0 bridgehead atoms. The molecular formula is C24H42O18. The molecule has 18 heteroatoms. The molecule has 0 saturated carbocycles. The molecule has 0 aromatic rings. The summed E-state index contributed by atoms with van der Waals surface area (Å²) in [5, 5.41) is 113. The molecule has 0 aliphatic carbocycles. The summed E-state index contributed by atoms with van der Waals surface area (Å²) in [7, 11) is 0. The van der Waals surface area contributed by atoms with Gasteiger partial charge in [-0.05, 0) is 20.8 Å². The smallest absolute Gasteiger partial charge is 0.187 e. The fourth-order valence-corrected chi connectivity index (χ4v) is 5.42. The monoisotopic (exact) mass is 618 g/mol. The zero-order valence-corrected chi connectivity index (χ0v) is 23.0. The summed E-state index contributed by atoms with van der Waals surface area (Å²) in [6, 6.07) is 0. The topological polar surface area (TPSA) is 287 Å². The SMILES string of the molecule is C[C@@H]1O[C@@H](O[C@@H]2[C@@H](O)[C@@H](O)[C@H](O[C@@H]3[C@@H](O)[C@@H](O)[C@H](O)O[C@H]3C)O[C@H]2C)[C@H](O[C@@H]2O[C@H](CO)[C@@H](O)[C@H](O)[C@H]2O)[C@H](O)[C@H]1O. The summed E-state index contributed by atoms with van der Waals surface area (Å²) in [5.74, 6) is 0. The zero-order chi connectivity index (χ0) is 31.2. The molecule has 4 heterocycles. The number of aliphatic hydroxyl groups excluding tert-OH is 11. The van der Waals surface area contributed by atoms with Crippen LogP contribution in [0.2, 0.25) is 0 Å². The van der Waals surface area contributed by atoms with Crippen LogP contribution < -0.4 is 0 Å². The van der Waals surface area contributed by atoms with Crippen molar-refractivity contribution in [1.82, 2.24) is 0 Å². The fourth-order valence-electron chi connectivity index (χ4n) is 5.42. The average molecular weight is 619 g/mol. The van der Waals surface area contributed by atoms with E-state index in [-0.39, 0.29) is 0 Å². The van der Waals surface area contributed by atoms with E-state index in [9.17, 15) is 56.2 Å². The van der Waals surface area contributed by atoms with Crippen molar-refractivity contribution >= 4 is 0 Å². The van der Waals surface area contributed by atoms with Crippen LogP contribution in [0, 0.1) is 0 Å². The maximum absolute atomic E-state index is 10.9. The first kappa shape index (κ1) is 34.2. The standard InChI is InChI=1S/C24H42O18/c1-5-9(26)12(29)20(42-23-16(33)11(28)10(27)8(4-25)39-23)24(37-5)41-19-7(3)38-22(17(34)14(19)31)40-18-6(2)36-21(35)15(32)13(18)30/h5-35H,4H2,1-3H3/t5-,6-,7-,8+,9-,10+,11-,12+,13-,14-,15+,16+,17+,18-,19-,20+,21+,22-,23-,24-/m0/s1. The summed E-state index contributed by atoms with van der Waals surface area (Å²) in [6.45, 7) is 3.55. The molecule has 18 nitrogen and oxygen atoms in total. The Balaban J connectivity index is 1.47. The second kappa shape index (κ2) is 13.7. The Morgan fingerprint density at radius 3 is 1.50 bits per heavy atom. The summed E-state index contributed by atoms with van der Waals surface area (Å²) in [4.78, 5) is 0. The molecule has 0 aromatic heterocycles. The summed E-state index contributed by atoms with van der Waals surface area (Å²) in [5.41, 5.74) is 0. The van der Waals surface area contributed by atoms with E-state index in [4.69, 9.17) is 33.2 Å². The molecule has 0 radical (unpaired) electrons. The van der Waals surface area contributed by atoms with E-state index >= 15 is 0 Å². The van der Waals surface area contributed by atoms with Gasteiger partial charge >= 0.3 is 0 Å².